The molecule has 4 nitrogen and oxygen atoms in total. The normalized spacial score (nSPS) is 21.1. The lowest BCUT2D eigenvalue weighted by Crippen LogP contribution is -2.54. The molecular formula is C15H19NO3S2. The first kappa shape index (κ1) is 16.2. The average Bonchev–Trinajstić information content (AvgIpc) is 2.94. The van der Waals surface area contributed by atoms with E-state index in [1.165, 1.54) is 4.90 Å². The summed E-state index contributed by atoms with van der Waals surface area (Å²) in [5, 5.41) is 12.0. The minimum absolute atomic E-state index is 0.159. The van der Waals surface area contributed by atoms with Crippen LogP contribution in [0.1, 0.15) is 19.3 Å². The van der Waals surface area contributed by atoms with Gasteiger partial charge < -0.3 is 10.4 Å². The van der Waals surface area contributed by atoms with Crippen LogP contribution in [0.2, 0.25) is 0 Å². The number of carbonyl (C=O) groups excluding carboxylic acids is 1. The van der Waals surface area contributed by atoms with Gasteiger partial charge in [0.05, 0.1) is 0 Å². The van der Waals surface area contributed by atoms with Crippen LogP contribution >= 0.6 is 23.5 Å². The smallest absolute Gasteiger partial charge is 0.330 e. The monoisotopic (exact) mass is 325 g/mol. The Balaban J connectivity index is 1.71. The maximum Gasteiger partial charge on any atom is 0.330 e. The van der Waals surface area contributed by atoms with E-state index in [1.54, 1.807) is 23.5 Å². The number of benzene rings is 1. The summed E-state index contributed by atoms with van der Waals surface area (Å²) in [6, 6.07) is 10.0. The molecule has 0 spiro atoms. The predicted octanol–water partition coefficient (Wildman–Crippen LogP) is 2.64. The van der Waals surface area contributed by atoms with E-state index in [0.717, 1.165) is 17.9 Å². The highest BCUT2D eigenvalue weighted by Gasteiger charge is 2.42. The van der Waals surface area contributed by atoms with Crippen molar-refractivity contribution < 1.29 is 14.7 Å². The SMILES string of the molecule is O=C(CCCSc1ccccc1)NC1(C(=O)O)CCSC1. The van der Waals surface area contributed by atoms with Crippen LogP contribution in [0.15, 0.2) is 35.2 Å². The maximum absolute atomic E-state index is 11.9. The van der Waals surface area contributed by atoms with E-state index in [9.17, 15) is 14.7 Å². The minimum atomic E-state index is -1.05. The van der Waals surface area contributed by atoms with Gasteiger partial charge in [0.25, 0.3) is 0 Å². The van der Waals surface area contributed by atoms with Crippen molar-refractivity contribution in [1.29, 1.82) is 0 Å². The van der Waals surface area contributed by atoms with Crippen LogP contribution in [0.3, 0.4) is 0 Å². The van der Waals surface area contributed by atoms with Gasteiger partial charge in [-0.2, -0.15) is 11.8 Å². The van der Waals surface area contributed by atoms with Gasteiger partial charge in [0.1, 0.15) is 5.54 Å². The van der Waals surface area contributed by atoms with E-state index in [2.05, 4.69) is 5.32 Å². The molecule has 0 aliphatic carbocycles. The number of carboxylic acid groups (broad SMARTS) is 1. The van der Waals surface area contributed by atoms with Gasteiger partial charge in [0, 0.05) is 17.1 Å². The van der Waals surface area contributed by atoms with Crippen molar-refractivity contribution in [2.24, 2.45) is 0 Å². The fourth-order valence-corrected chi connectivity index (χ4v) is 4.35. The van der Waals surface area contributed by atoms with Gasteiger partial charge in [-0.15, -0.1) is 11.8 Å². The molecule has 0 saturated carbocycles. The first-order chi connectivity index (χ1) is 10.1. The zero-order chi connectivity index (χ0) is 15.1. The van der Waals surface area contributed by atoms with Crippen LogP contribution in [0, 0.1) is 0 Å². The summed E-state index contributed by atoms with van der Waals surface area (Å²) in [5.41, 5.74) is -1.05. The minimum Gasteiger partial charge on any atom is -0.479 e. The fourth-order valence-electron chi connectivity index (χ4n) is 2.15. The third kappa shape index (κ3) is 4.68. The van der Waals surface area contributed by atoms with Crippen molar-refractivity contribution in [2.45, 2.75) is 29.7 Å². The van der Waals surface area contributed by atoms with Gasteiger partial charge in [0.15, 0.2) is 0 Å². The summed E-state index contributed by atoms with van der Waals surface area (Å²) in [5.74, 6) is 1.03. The van der Waals surface area contributed by atoms with Crippen LogP contribution in [0.4, 0.5) is 0 Å². The van der Waals surface area contributed by atoms with Gasteiger partial charge >= 0.3 is 5.97 Å². The van der Waals surface area contributed by atoms with E-state index in [1.807, 2.05) is 30.3 Å². The number of hydrogen-bond donors (Lipinski definition) is 2. The molecule has 1 aromatic carbocycles. The Morgan fingerprint density at radius 2 is 2.10 bits per heavy atom. The van der Waals surface area contributed by atoms with Crippen LogP contribution < -0.4 is 5.32 Å². The van der Waals surface area contributed by atoms with Gasteiger partial charge in [-0.05, 0) is 36.5 Å². The summed E-state index contributed by atoms with van der Waals surface area (Å²) >= 11 is 3.29. The van der Waals surface area contributed by atoms with Crippen LogP contribution in [-0.4, -0.2) is 39.8 Å². The summed E-state index contributed by atoms with van der Waals surface area (Å²) in [6.07, 6.45) is 1.63. The molecule has 1 aliphatic heterocycles. The van der Waals surface area contributed by atoms with E-state index in [0.29, 0.717) is 18.6 Å². The molecule has 1 fully saturated rings. The van der Waals surface area contributed by atoms with Gasteiger partial charge in [0.2, 0.25) is 5.91 Å². The van der Waals surface area contributed by atoms with Gasteiger partial charge in [-0.1, -0.05) is 18.2 Å². The number of nitrogens with one attached hydrogen (secondary N) is 1. The van der Waals surface area contributed by atoms with E-state index < -0.39 is 11.5 Å². The van der Waals surface area contributed by atoms with Crippen molar-refractivity contribution in [3.63, 3.8) is 0 Å². The third-order valence-corrected chi connectivity index (χ3v) is 5.66. The van der Waals surface area contributed by atoms with Crippen molar-refractivity contribution in [1.82, 2.24) is 5.32 Å². The molecule has 1 aromatic rings. The highest BCUT2D eigenvalue weighted by molar-refractivity contribution is 7.99. The molecular weight excluding hydrogens is 306 g/mol. The molecule has 1 aliphatic rings. The number of hydrogen-bond acceptors (Lipinski definition) is 4. The molecule has 2 rings (SSSR count). The second-order valence-electron chi connectivity index (χ2n) is 5.00. The van der Waals surface area contributed by atoms with E-state index in [-0.39, 0.29) is 5.91 Å². The molecule has 1 amide bonds. The molecule has 1 unspecified atom stereocenters. The van der Waals surface area contributed by atoms with Crippen molar-refractivity contribution >= 4 is 35.4 Å². The van der Waals surface area contributed by atoms with Crippen LogP contribution in [0.5, 0.6) is 0 Å². The molecule has 0 aromatic heterocycles. The average molecular weight is 325 g/mol. The molecule has 0 bridgehead atoms. The Hall–Kier alpha value is -1.14. The van der Waals surface area contributed by atoms with Crippen molar-refractivity contribution in [3.05, 3.63) is 30.3 Å². The van der Waals surface area contributed by atoms with Crippen molar-refractivity contribution in [2.75, 3.05) is 17.3 Å². The van der Waals surface area contributed by atoms with E-state index >= 15 is 0 Å². The zero-order valence-corrected chi connectivity index (χ0v) is 13.3. The third-order valence-electron chi connectivity index (χ3n) is 3.37. The second kappa shape index (κ2) is 7.75. The first-order valence-corrected chi connectivity index (χ1v) is 9.06. The van der Waals surface area contributed by atoms with Crippen LogP contribution in [-0.2, 0) is 9.59 Å². The highest BCUT2D eigenvalue weighted by atomic mass is 32.2. The summed E-state index contributed by atoms with van der Waals surface area (Å²) in [6.45, 7) is 0. The number of carboxylic acids is 1. The maximum atomic E-state index is 11.9. The quantitative estimate of drug-likeness (QED) is 0.596. The van der Waals surface area contributed by atoms with E-state index in [4.69, 9.17) is 0 Å². The second-order valence-corrected chi connectivity index (χ2v) is 7.28. The largest absolute Gasteiger partial charge is 0.479 e. The number of rotatable bonds is 7. The number of thioether (sulfide) groups is 2. The summed E-state index contributed by atoms with van der Waals surface area (Å²) in [7, 11) is 0. The number of aliphatic carboxylic acids is 1. The molecule has 1 saturated heterocycles. The zero-order valence-electron chi connectivity index (χ0n) is 11.7. The lowest BCUT2D eigenvalue weighted by Gasteiger charge is -2.24. The number of carbonyl (C=O) groups is 2. The number of amides is 1. The Bertz CT molecular complexity index is 487. The summed E-state index contributed by atoms with van der Waals surface area (Å²) < 4.78 is 0. The molecule has 1 atom stereocenters. The Morgan fingerprint density at radius 1 is 1.33 bits per heavy atom. The molecule has 6 heteroatoms. The van der Waals surface area contributed by atoms with Crippen molar-refractivity contribution in [3.8, 4) is 0 Å². The first-order valence-electron chi connectivity index (χ1n) is 6.92. The standard InChI is InChI=1S/C15H19NO3S2/c17-13(16-15(14(18)19)8-10-20-11-15)7-4-9-21-12-5-2-1-3-6-12/h1-3,5-6H,4,7-11H2,(H,16,17)(H,18,19). The Morgan fingerprint density at radius 3 is 2.71 bits per heavy atom. The molecule has 21 heavy (non-hydrogen) atoms. The molecule has 2 N–H and O–H groups in total. The van der Waals surface area contributed by atoms with Gasteiger partial charge in [-0.3, -0.25) is 4.79 Å². The molecule has 114 valence electrons. The fraction of sp³-hybridized carbons (Fsp3) is 0.467. The van der Waals surface area contributed by atoms with Gasteiger partial charge in [-0.25, -0.2) is 4.79 Å². The summed E-state index contributed by atoms with van der Waals surface area (Å²) in [4.78, 5) is 24.5. The highest BCUT2D eigenvalue weighted by Crippen LogP contribution is 2.28. The molecule has 1 heterocycles. The Kier molecular flexibility index (Phi) is 5.99. The lowest BCUT2D eigenvalue weighted by atomic mass is 9.99. The Labute approximate surface area is 133 Å². The predicted molar refractivity (Wildman–Crippen MR) is 86.9 cm³/mol. The topological polar surface area (TPSA) is 66.4 Å². The molecule has 0 radical (unpaired) electrons. The lowest BCUT2D eigenvalue weighted by molar-refractivity contribution is -0.146. The van der Waals surface area contributed by atoms with Crippen LogP contribution in [0.25, 0.3) is 0 Å².